The van der Waals surface area contributed by atoms with E-state index in [-0.39, 0.29) is 30.1 Å². The van der Waals surface area contributed by atoms with Crippen LogP contribution in [0.5, 0.6) is 0 Å². The van der Waals surface area contributed by atoms with Crippen LogP contribution in [-0.4, -0.2) is 52.0 Å². The van der Waals surface area contributed by atoms with E-state index in [1.54, 1.807) is 54.9 Å². The van der Waals surface area contributed by atoms with Crippen LogP contribution in [0.25, 0.3) is 11.4 Å². The molecule has 4 heterocycles. The van der Waals surface area contributed by atoms with Crippen LogP contribution in [0.1, 0.15) is 31.5 Å². The van der Waals surface area contributed by atoms with Gasteiger partial charge in [-0.15, -0.1) is 21.5 Å². The van der Waals surface area contributed by atoms with Gasteiger partial charge in [-0.2, -0.15) is 0 Å². The summed E-state index contributed by atoms with van der Waals surface area (Å²) in [5.41, 5.74) is 1.35. The molecule has 5 aromatic rings. The van der Waals surface area contributed by atoms with Crippen LogP contribution in [0.2, 0.25) is 4.34 Å². The first-order valence-corrected chi connectivity index (χ1v) is 12.0. The number of tetrazole rings is 1. The maximum Gasteiger partial charge on any atom is 0.261 e. The van der Waals surface area contributed by atoms with Gasteiger partial charge >= 0.3 is 0 Å². The second kappa shape index (κ2) is 10.5. The molecule has 0 bridgehead atoms. The molecule has 0 aliphatic rings. The van der Waals surface area contributed by atoms with Crippen molar-refractivity contribution in [3.8, 4) is 11.4 Å². The van der Waals surface area contributed by atoms with Crippen LogP contribution in [0.15, 0.2) is 65.7 Å². The number of pyridine rings is 1. The number of aromatic amines is 1. The number of thiophene rings is 1. The Morgan fingerprint density at radius 3 is 2.65 bits per heavy atom. The minimum Gasteiger partial charge on any atom is -0.346 e. The zero-order chi connectivity index (χ0) is 25.8. The summed E-state index contributed by atoms with van der Waals surface area (Å²) in [4.78, 5) is 38.3. The van der Waals surface area contributed by atoms with Gasteiger partial charge < -0.3 is 10.6 Å². The normalized spacial score (nSPS) is 10.8. The summed E-state index contributed by atoms with van der Waals surface area (Å²) in [6.07, 6.45) is 3.21. The summed E-state index contributed by atoms with van der Waals surface area (Å²) in [7, 11) is 0. The maximum absolute atomic E-state index is 13.2. The standard InChI is InChI=1S/C22H17ClN10O3S/c23-18-7-6-17(37-18)22(36)24-10-13-12-33(31-26-13)16-5-4-14(32-8-2-1-3-20(32)34)9-15(16)21(35)25-11-19-27-29-30-28-19/h1-9,12H,10-11H2,(H,24,36)(H,25,35)(H,27,28,29,30). The lowest BCUT2D eigenvalue weighted by molar-refractivity contribution is 0.0943. The third-order valence-corrected chi connectivity index (χ3v) is 6.38. The molecule has 2 amide bonds. The molecule has 13 nitrogen and oxygen atoms in total. The lowest BCUT2D eigenvalue weighted by Crippen LogP contribution is -2.25. The Kier molecular flexibility index (Phi) is 6.83. The van der Waals surface area contributed by atoms with E-state index >= 15 is 0 Å². The van der Waals surface area contributed by atoms with Crippen molar-refractivity contribution in [3.63, 3.8) is 0 Å². The van der Waals surface area contributed by atoms with E-state index < -0.39 is 5.91 Å². The minimum atomic E-state index is -0.447. The molecule has 3 N–H and O–H groups in total. The first kappa shape index (κ1) is 24.0. The number of amides is 2. The van der Waals surface area contributed by atoms with Gasteiger partial charge in [0.2, 0.25) is 0 Å². The average Bonchev–Trinajstić information content (AvgIpc) is 3.68. The summed E-state index contributed by atoms with van der Waals surface area (Å²) in [5, 5.41) is 27.0. The molecule has 0 unspecified atom stereocenters. The van der Waals surface area contributed by atoms with Crippen LogP contribution in [0.4, 0.5) is 0 Å². The van der Waals surface area contributed by atoms with Gasteiger partial charge in [0.1, 0.15) is 5.69 Å². The maximum atomic E-state index is 13.2. The fraction of sp³-hybridized carbons (Fsp3) is 0.0909. The Bertz CT molecular complexity index is 1630. The predicted octanol–water partition coefficient (Wildman–Crippen LogP) is 1.51. The fourth-order valence-electron chi connectivity index (χ4n) is 3.40. The fourth-order valence-corrected chi connectivity index (χ4v) is 4.36. The van der Waals surface area contributed by atoms with Gasteiger partial charge in [-0.3, -0.25) is 19.0 Å². The van der Waals surface area contributed by atoms with Gasteiger partial charge in [0.15, 0.2) is 5.82 Å². The van der Waals surface area contributed by atoms with Crippen LogP contribution in [0.3, 0.4) is 0 Å². The van der Waals surface area contributed by atoms with Crippen LogP contribution in [-0.2, 0) is 13.1 Å². The van der Waals surface area contributed by atoms with Crippen molar-refractivity contribution in [3.05, 3.63) is 97.6 Å². The molecule has 0 radical (unpaired) electrons. The molecule has 5 rings (SSSR count). The Morgan fingerprint density at radius 2 is 1.89 bits per heavy atom. The summed E-state index contributed by atoms with van der Waals surface area (Å²) < 4.78 is 3.36. The highest BCUT2D eigenvalue weighted by molar-refractivity contribution is 7.18. The highest BCUT2D eigenvalue weighted by atomic mass is 35.5. The molecule has 0 saturated heterocycles. The molecule has 0 atom stereocenters. The summed E-state index contributed by atoms with van der Waals surface area (Å²) >= 11 is 7.06. The van der Waals surface area contributed by atoms with Gasteiger partial charge in [-0.1, -0.05) is 22.9 Å². The molecule has 1 aromatic carbocycles. The van der Waals surface area contributed by atoms with Gasteiger partial charge in [0, 0.05) is 18.0 Å². The van der Waals surface area contributed by atoms with Crippen molar-refractivity contribution in [1.29, 1.82) is 0 Å². The largest absolute Gasteiger partial charge is 0.346 e. The third kappa shape index (κ3) is 5.44. The van der Waals surface area contributed by atoms with Gasteiger partial charge in [0.25, 0.3) is 17.4 Å². The molecule has 0 fully saturated rings. The van der Waals surface area contributed by atoms with Gasteiger partial charge in [-0.25, -0.2) is 9.78 Å². The molecule has 0 spiro atoms. The Balaban J connectivity index is 1.41. The number of carbonyl (C=O) groups excluding carboxylic acids is 2. The number of rotatable bonds is 8. The highest BCUT2D eigenvalue weighted by Gasteiger charge is 2.17. The summed E-state index contributed by atoms with van der Waals surface area (Å²) in [5.74, 6) is -0.362. The van der Waals surface area contributed by atoms with E-state index in [2.05, 4.69) is 41.6 Å². The number of H-pyrrole nitrogens is 1. The molecular weight excluding hydrogens is 520 g/mol. The van der Waals surface area contributed by atoms with E-state index in [1.165, 1.54) is 26.7 Å². The number of benzene rings is 1. The average molecular weight is 537 g/mol. The van der Waals surface area contributed by atoms with Crippen molar-refractivity contribution < 1.29 is 9.59 Å². The second-order valence-electron chi connectivity index (χ2n) is 7.58. The van der Waals surface area contributed by atoms with Gasteiger partial charge in [-0.05, 0) is 46.8 Å². The third-order valence-electron chi connectivity index (χ3n) is 5.15. The number of carbonyl (C=O) groups is 2. The summed E-state index contributed by atoms with van der Waals surface area (Å²) in [6.45, 7) is 0.175. The number of halogens is 1. The van der Waals surface area contributed by atoms with E-state index in [1.807, 2.05) is 0 Å². The monoisotopic (exact) mass is 536 g/mol. The Labute approximate surface area is 217 Å². The minimum absolute atomic E-state index is 0.0577. The van der Waals surface area contributed by atoms with Crippen molar-refractivity contribution >= 4 is 34.8 Å². The smallest absolute Gasteiger partial charge is 0.261 e. The Hall–Kier alpha value is -4.69. The molecular formula is C22H17ClN10O3S. The number of aromatic nitrogens is 8. The van der Waals surface area contributed by atoms with E-state index in [9.17, 15) is 14.4 Å². The highest BCUT2D eigenvalue weighted by Crippen LogP contribution is 2.21. The van der Waals surface area contributed by atoms with Crippen molar-refractivity contribution in [1.82, 2.24) is 50.8 Å². The molecule has 0 saturated carbocycles. The first-order chi connectivity index (χ1) is 18.0. The molecule has 15 heteroatoms. The zero-order valence-corrected chi connectivity index (χ0v) is 20.4. The molecule has 0 aliphatic heterocycles. The second-order valence-corrected chi connectivity index (χ2v) is 9.30. The number of hydrogen-bond acceptors (Lipinski definition) is 9. The van der Waals surface area contributed by atoms with Crippen LogP contribution in [0, 0.1) is 0 Å². The van der Waals surface area contributed by atoms with E-state index in [4.69, 9.17) is 11.6 Å². The molecule has 186 valence electrons. The quantitative estimate of drug-likeness (QED) is 0.268. The number of hydrogen-bond donors (Lipinski definition) is 3. The zero-order valence-electron chi connectivity index (χ0n) is 18.8. The summed E-state index contributed by atoms with van der Waals surface area (Å²) in [6, 6.07) is 13.0. The number of nitrogens with one attached hydrogen (secondary N) is 3. The van der Waals surface area contributed by atoms with Crippen molar-refractivity contribution in [2.24, 2.45) is 0 Å². The van der Waals surface area contributed by atoms with Crippen molar-refractivity contribution in [2.75, 3.05) is 0 Å². The lowest BCUT2D eigenvalue weighted by atomic mass is 10.1. The molecule has 4 aromatic heterocycles. The van der Waals surface area contributed by atoms with Crippen molar-refractivity contribution in [2.45, 2.75) is 13.1 Å². The van der Waals surface area contributed by atoms with Gasteiger partial charge in [0.05, 0.1) is 39.8 Å². The predicted molar refractivity (Wildman–Crippen MR) is 133 cm³/mol. The number of nitrogens with zero attached hydrogens (tertiary/aromatic N) is 7. The van der Waals surface area contributed by atoms with Crippen LogP contribution >= 0.6 is 22.9 Å². The lowest BCUT2D eigenvalue weighted by Gasteiger charge is -2.12. The van der Waals surface area contributed by atoms with E-state index in [0.717, 1.165) is 0 Å². The SMILES string of the molecule is O=C(NCc1cn(-c2ccc(-n3ccccc3=O)cc2C(=O)NCc2nnn[nH]2)nn1)c1ccc(Cl)s1. The first-order valence-electron chi connectivity index (χ1n) is 10.8. The molecule has 37 heavy (non-hydrogen) atoms. The topological polar surface area (TPSA) is 165 Å². The Morgan fingerprint density at radius 1 is 1.03 bits per heavy atom. The molecule has 0 aliphatic carbocycles. The van der Waals surface area contributed by atoms with Crippen LogP contribution < -0.4 is 16.2 Å². The van der Waals surface area contributed by atoms with E-state index in [0.29, 0.717) is 32.1 Å².